The Balaban J connectivity index is 2.25. The summed E-state index contributed by atoms with van der Waals surface area (Å²) in [6.07, 6.45) is 0. The highest BCUT2D eigenvalue weighted by molar-refractivity contribution is 9.10. The van der Waals surface area contributed by atoms with Crippen LogP contribution in [0.5, 0.6) is 11.5 Å². The lowest BCUT2D eigenvalue weighted by Gasteiger charge is -2.19. The van der Waals surface area contributed by atoms with Crippen LogP contribution in [0.25, 0.3) is 0 Å². The minimum absolute atomic E-state index is 0.110. The number of rotatable bonds is 5. The number of anilines is 1. The molecule has 0 aliphatic rings. The molecule has 112 valence electrons. The quantitative estimate of drug-likeness (QED) is 0.838. The molecule has 0 spiro atoms. The van der Waals surface area contributed by atoms with Crippen molar-refractivity contribution in [2.75, 3.05) is 19.5 Å². The van der Waals surface area contributed by atoms with E-state index in [-0.39, 0.29) is 11.9 Å². The molecule has 0 bridgehead atoms. The third-order valence-corrected chi connectivity index (χ3v) is 3.70. The number of benzene rings is 2. The van der Waals surface area contributed by atoms with Gasteiger partial charge in [0.25, 0.3) is 0 Å². The van der Waals surface area contributed by atoms with Gasteiger partial charge in [-0.3, -0.25) is 0 Å². The first kappa shape index (κ1) is 15.6. The normalized spacial score (nSPS) is 11.9. The molecule has 0 radical (unpaired) electrons. The number of ether oxygens (including phenoxy) is 2. The van der Waals surface area contributed by atoms with Gasteiger partial charge < -0.3 is 14.8 Å². The van der Waals surface area contributed by atoms with Crippen LogP contribution in [-0.4, -0.2) is 14.2 Å². The molecule has 0 aromatic heterocycles. The van der Waals surface area contributed by atoms with Crippen LogP contribution in [0.1, 0.15) is 18.5 Å². The molecule has 0 heterocycles. The fraction of sp³-hybridized carbons (Fsp3) is 0.250. The molecule has 3 nitrogen and oxygen atoms in total. The second-order valence-electron chi connectivity index (χ2n) is 4.60. The summed E-state index contributed by atoms with van der Waals surface area (Å²) in [6, 6.07) is 10.4. The van der Waals surface area contributed by atoms with E-state index in [1.54, 1.807) is 26.4 Å². The van der Waals surface area contributed by atoms with Crippen LogP contribution in [0.4, 0.5) is 10.1 Å². The molecule has 21 heavy (non-hydrogen) atoms. The largest absolute Gasteiger partial charge is 0.497 e. The van der Waals surface area contributed by atoms with Gasteiger partial charge in [0.15, 0.2) is 0 Å². The van der Waals surface area contributed by atoms with Gasteiger partial charge in [0.2, 0.25) is 0 Å². The zero-order valence-electron chi connectivity index (χ0n) is 12.1. The fourth-order valence-corrected chi connectivity index (χ4v) is 2.43. The van der Waals surface area contributed by atoms with E-state index in [0.29, 0.717) is 15.9 Å². The SMILES string of the molecule is COc1ccc(C(C)Nc2ccc(Br)cc2F)c(OC)c1. The Bertz CT molecular complexity index is 634. The maximum Gasteiger partial charge on any atom is 0.147 e. The average molecular weight is 354 g/mol. The third kappa shape index (κ3) is 3.67. The molecule has 1 unspecified atom stereocenters. The van der Waals surface area contributed by atoms with Crippen molar-refractivity contribution in [3.05, 3.63) is 52.3 Å². The summed E-state index contributed by atoms with van der Waals surface area (Å²) in [5.74, 6) is 1.12. The Morgan fingerprint density at radius 1 is 1.10 bits per heavy atom. The van der Waals surface area contributed by atoms with E-state index in [9.17, 15) is 4.39 Å². The molecule has 2 aromatic rings. The van der Waals surface area contributed by atoms with Gasteiger partial charge in [-0.05, 0) is 37.3 Å². The predicted octanol–water partition coefficient (Wildman–Crippen LogP) is 4.78. The molecule has 0 saturated heterocycles. The highest BCUT2D eigenvalue weighted by atomic mass is 79.9. The van der Waals surface area contributed by atoms with Crippen LogP contribution < -0.4 is 14.8 Å². The van der Waals surface area contributed by atoms with Crippen molar-refractivity contribution >= 4 is 21.6 Å². The standard InChI is InChI=1S/C16H17BrFNO2/c1-10(19-15-7-4-11(17)8-14(15)18)13-6-5-12(20-2)9-16(13)21-3/h4-10,19H,1-3H3. The number of hydrogen-bond donors (Lipinski definition) is 1. The van der Waals surface area contributed by atoms with Crippen molar-refractivity contribution in [2.45, 2.75) is 13.0 Å². The topological polar surface area (TPSA) is 30.5 Å². The smallest absolute Gasteiger partial charge is 0.147 e. The number of hydrogen-bond acceptors (Lipinski definition) is 3. The van der Waals surface area contributed by atoms with Gasteiger partial charge >= 0.3 is 0 Å². The fourth-order valence-electron chi connectivity index (χ4n) is 2.09. The summed E-state index contributed by atoms with van der Waals surface area (Å²) >= 11 is 3.24. The van der Waals surface area contributed by atoms with E-state index >= 15 is 0 Å². The average Bonchev–Trinajstić information content (AvgIpc) is 2.49. The van der Waals surface area contributed by atoms with Gasteiger partial charge in [0.1, 0.15) is 17.3 Å². The van der Waals surface area contributed by atoms with Crippen molar-refractivity contribution in [3.63, 3.8) is 0 Å². The predicted molar refractivity (Wildman–Crippen MR) is 85.7 cm³/mol. The lowest BCUT2D eigenvalue weighted by Crippen LogP contribution is -2.09. The molecule has 1 atom stereocenters. The van der Waals surface area contributed by atoms with Crippen LogP contribution in [0.15, 0.2) is 40.9 Å². The first-order valence-corrected chi connectivity index (χ1v) is 7.28. The van der Waals surface area contributed by atoms with E-state index in [0.717, 1.165) is 11.3 Å². The molecule has 5 heteroatoms. The molecule has 0 amide bonds. The van der Waals surface area contributed by atoms with Crippen molar-refractivity contribution in [2.24, 2.45) is 0 Å². The second-order valence-corrected chi connectivity index (χ2v) is 5.51. The molecule has 2 rings (SSSR count). The van der Waals surface area contributed by atoms with E-state index in [1.807, 2.05) is 25.1 Å². The summed E-state index contributed by atoms with van der Waals surface area (Å²) in [5.41, 5.74) is 1.38. The van der Waals surface area contributed by atoms with Crippen LogP contribution >= 0.6 is 15.9 Å². The third-order valence-electron chi connectivity index (χ3n) is 3.21. The number of halogens is 2. The first-order valence-electron chi connectivity index (χ1n) is 6.48. The van der Waals surface area contributed by atoms with Gasteiger partial charge in [0.05, 0.1) is 25.9 Å². The van der Waals surface area contributed by atoms with Crippen molar-refractivity contribution in [1.82, 2.24) is 0 Å². The lowest BCUT2D eigenvalue weighted by molar-refractivity contribution is 0.390. The molecule has 1 N–H and O–H groups in total. The Kier molecular flexibility index (Phi) is 5.07. The Hall–Kier alpha value is -1.75. The first-order chi connectivity index (χ1) is 10.0. The van der Waals surface area contributed by atoms with E-state index < -0.39 is 0 Å². The van der Waals surface area contributed by atoms with Crippen LogP contribution in [0.3, 0.4) is 0 Å². The van der Waals surface area contributed by atoms with E-state index in [1.165, 1.54) is 6.07 Å². The van der Waals surface area contributed by atoms with Crippen LogP contribution in [-0.2, 0) is 0 Å². The number of methoxy groups -OCH3 is 2. The lowest BCUT2D eigenvalue weighted by atomic mass is 10.1. The van der Waals surface area contributed by atoms with Gasteiger partial charge in [0, 0.05) is 16.1 Å². The van der Waals surface area contributed by atoms with E-state index in [4.69, 9.17) is 9.47 Å². The molecule has 0 fully saturated rings. The summed E-state index contributed by atoms with van der Waals surface area (Å²) in [7, 11) is 3.21. The van der Waals surface area contributed by atoms with Crippen LogP contribution in [0.2, 0.25) is 0 Å². The maximum atomic E-state index is 13.9. The molecule has 0 saturated carbocycles. The van der Waals surface area contributed by atoms with Crippen molar-refractivity contribution in [3.8, 4) is 11.5 Å². The molecular formula is C16H17BrFNO2. The summed E-state index contributed by atoms with van der Waals surface area (Å²) in [5, 5.41) is 3.15. The molecular weight excluding hydrogens is 337 g/mol. The summed E-state index contributed by atoms with van der Waals surface area (Å²) < 4.78 is 25.1. The highest BCUT2D eigenvalue weighted by Gasteiger charge is 2.14. The minimum Gasteiger partial charge on any atom is -0.497 e. The Morgan fingerprint density at radius 2 is 1.86 bits per heavy atom. The van der Waals surface area contributed by atoms with Gasteiger partial charge in [-0.25, -0.2) is 4.39 Å². The minimum atomic E-state index is -0.302. The summed E-state index contributed by atoms with van der Waals surface area (Å²) in [6.45, 7) is 1.95. The zero-order valence-corrected chi connectivity index (χ0v) is 13.7. The second kappa shape index (κ2) is 6.80. The maximum absolute atomic E-state index is 13.9. The van der Waals surface area contributed by atoms with Crippen molar-refractivity contribution < 1.29 is 13.9 Å². The number of nitrogens with one attached hydrogen (secondary N) is 1. The Labute approximate surface area is 132 Å². The van der Waals surface area contributed by atoms with Gasteiger partial charge in [-0.1, -0.05) is 15.9 Å². The monoisotopic (exact) mass is 353 g/mol. The Morgan fingerprint density at radius 3 is 2.48 bits per heavy atom. The molecule has 2 aromatic carbocycles. The van der Waals surface area contributed by atoms with Crippen LogP contribution in [0, 0.1) is 5.82 Å². The van der Waals surface area contributed by atoms with Crippen molar-refractivity contribution in [1.29, 1.82) is 0 Å². The highest BCUT2D eigenvalue weighted by Crippen LogP contribution is 2.32. The van der Waals surface area contributed by atoms with E-state index in [2.05, 4.69) is 21.2 Å². The summed E-state index contributed by atoms with van der Waals surface area (Å²) in [4.78, 5) is 0. The molecule has 0 aliphatic carbocycles. The van der Waals surface area contributed by atoms with Gasteiger partial charge in [-0.2, -0.15) is 0 Å². The van der Waals surface area contributed by atoms with Gasteiger partial charge in [-0.15, -0.1) is 0 Å². The zero-order chi connectivity index (χ0) is 15.4. The molecule has 0 aliphatic heterocycles.